The lowest BCUT2D eigenvalue weighted by Gasteiger charge is -2.49. The molecule has 5 rings (SSSR count). The molecular formula is C56H94N6O12. The van der Waals surface area contributed by atoms with Crippen LogP contribution >= 0.6 is 0 Å². The van der Waals surface area contributed by atoms with Crippen molar-refractivity contribution >= 4 is 17.8 Å². The van der Waals surface area contributed by atoms with E-state index in [4.69, 9.17) is 28.4 Å². The number of benzene rings is 1. The van der Waals surface area contributed by atoms with Crippen LogP contribution in [-0.2, 0) is 41.4 Å². The van der Waals surface area contributed by atoms with Gasteiger partial charge in [0, 0.05) is 83.5 Å². The fourth-order valence-electron chi connectivity index (χ4n) is 11.8. The Morgan fingerprint density at radius 2 is 1.68 bits per heavy atom. The molecule has 18 atom stereocenters. The number of hydrogen-bond acceptors (Lipinski definition) is 17. The van der Waals surface area contributed by atoms with Crippen LogP contribution in [0.15, 0.2) is 41.5 Å². The number of nitrogens with zero attached hydrogens (tertiary/aromatic N) is 6. The van der Waals surface area contributed by atoms with E-state index in [2.05, 4.69) is 27.1 Å². The van der Waals surface area contributed by atoms with Gasteiger partial charge in [0.15, 0.2) is 6.29 Å². The summed E-state index contributed by atoms with van der Waals surface area (Å²) in [5, 5.41) is 68.8. The number of likely N-dealkylation sites (N-methyl/N-ethyl adjacent to an activating group) is 2. The molecule has 18 heteroatoms. The molecule has 2 aliphatic heterocycles. The Morgan fingerprint density at radius 3 is 2.31 bits per heavy atom. The second kappa shape index (κ2) is 26.8. The molecule has 74 heavy (non-hydrogen) atoms. The molecule has 0 spiro atoms. The van der Waals surface area contributed by atoms with Crippen LogP contribution in [0, 0.1) is 23.7 Å². The Balaban J connectivity index is 1.35. The maximum Gasteiger partial charge on any atom is 0.311 e. The molecular weight excluding hydrogens is 949 g/mol. The standard InChI is InChI=1S/C56H94N6O12/c1-16-40(31-57-12)41-19-21-43(22-20-41)70-26-18-24-62-33-42(58-59-62)23-25-60(13)44-27-34(3)28-45(48(44)63)72-52-36(5)49(74-47-30-55(10,69-15)51(65)39(8)71-47)37(6)53(66)73-46(17-2)56(11,68)50(64)38(7)61(14)32-35(4)29-54(52,9)67/h16,19-22,31,33-39,44-52,63-65,67-68H,17-18,23-30,32H2,1-15H3/b40-16+,57-31?/t34-,35-,36+,37-,38-,39+,44+,45-,46-,47+,48-,49+,50-,51+,52-,54-,55-,56-/m1/s1. The van der Waals surface area contributed by atoms with E-state index in [1.807, 2.05) is 94.1 Å². The van der Waals surface area contributed by atoms with E-state index in [9.17, 15) is 30.3 Å². The first-order chi connectivity index (χ1) is 34.8. The number of aliphatic hydroxyl groups is 5. The molecule has 0 unspecified atom stereocenters. The molecule has 420 valence electrons. The Labute approximate surface area is 441 Å². The van der Waals surface area contributed by atoms with Crippen molar-refractivity contribution in [2.24, 2.45) is 28.7 Å². The Morgan fingerprint density at radius 1 is 0.986 bits per heavy atom. The number of carbonyl (C=O) groups is 1. The third kappa shape index (κ3) is 15.2. The minimum absolute atomic E-state index is 0.129. The van der Waals surface area contributed by atoms with Gasteiger partial charge in [-0.1, -0.05) is 51.1 Å². The average Bonchev–Trinajstić information content (AvgIpc) is 3.82. The van der Waals surface area contributed by atoms with Crippen molar-refractivity contribution in [2.45, 2.75) is 212 Å². The van der Waals surface area contributed by atoms with E-state index in [1.165, 1.54) is 14.0 Å². The quantitative estimate of drug-likeness (QED) is 0.0766. The maximum absolute atomic E-state index is 14.5. The summed E-state index contributed by atoms with van der Waals surface area (Å²) in [6.07, 6.45) is 0.394. The van der Waals surface area contributed by atoms with Crippen molar-refractivity contribution in [1.82, 2.24) is 24.8 Å². The lowest BCUT2D eigenvalue weighted by molar-refractivity contribution is -0.302. The minimum Gasteiger partial charge on any atom is -0.494 e. The summed E-state index contributed by atoms with van der Waals surface area (Å²) in [7, 11) is 7.14. The summed E-state index contributed by atoms with van der Waals surface area (Å²) in [5.74, 6) is -1.63. The normalized spacial score (nSPS) is 38.7. The van der Waals surface area contributed by atoms with Gasteiger partial charge in [0.25, 0.3) is 0 Å². The molecule has 18 nitrogen and oxygen atoms in total. The van der Waals surface area contributed by atoms with Crippen molar-refractivity contribution < 1.29 is 58.7 Å². The van der Waals surface area contributed by atoms with Gasteiger partial charge in [0.05, 0.1) is 59.9 Å². The Bertz CT molecular complexity index is 2100. The van der Waals surface area contributed by atoms with Crippen LogP contribution in [-0.4, -0.2) is 194 Å². The fourth-order valence-corrected chi connectivity index (χ4v) is 11.8. The Kier molecular flexibility index (Phi) is 22.2. The van der Waals surface area contributed by atoms with Gasteiger partial charge in [-0.15, -0.1) is 5.10 Å². The fraction of sp³-hybridized carbons (Fsp3) is 0.786. The van der Waals surface area contributed by atoms with Gasteiger partial charge in [0.2, 0.25) is 0 Å². The van der Waals surface area contributed by atoms with E-state index in [1.54, 1.807) is 41.7 Å². The molecule has 1 aromatic heterocycles. The number of ether oxygens (including phenoxy) is 6. The third-order valence-corrected chi connectivity index (χ3v) is 16.5. The second-order valence-electron chi connectivity index (χ2n) is 22.8. The van der Waals surface area contributed by atoms with Gasteiger partial charge in [0.1, 0.15) is 29.7 Å². The number of hydrogen-bond donors (Lipinski definition) is 5. The van der Waals surface area contributed by atoms with Crippen LogP contribution in [0.5, 0.6) is 5.75 Å². The number of carbonyl (C=O) groups excluding carboxylic acids is 1. The summed E-state index contributed by atoms with van der Waals surface area (Å²) < 4.78 is 40.1. The number of aliphatic imine (C=N–C) groups is 1. The van der Waals surface area contributed by atoms with E-state index in [0.717, 1.165) is 35.4 Å². The number of cyclic esters (lactones) is 1. The third-order valence-electron chi connectivity index (χ3n) is 16.5. The topological polar surface area (TPSA) is 223 Å². The van der Waals surface area contributed by atoms with Gasteiger partial charge >= 0.3 is 5.97 Å². The average molecular weight is 1040 g/mol. The molecule has 0 amide bonds. The Hall–Kier alpha value is -3.40. The van der Waals surface area contributed by atoms with Crippen LogP contribution in [0.2, 0.25) is 0 Å². The first kappa shape index (κ1) is 61.5. The van der Waals surface area contributed by atoms with Crippen LogP contribution < -0.4 is 4.74 Å². The van der Waals surface area contributed by atoms with Gasteiger partial charge in [-0.25, -0.2) is 0 Å². The second-order valence-corrected chi connectivity index (χ2v) is 22.8. The van der Waals surface area contributed by atoms with Crippen LogP contribution in [0.3, 0.4) is 0 Å². The highest BCUT2D eigenvalue weighted by molar-refractivity contribution is 6.09. The minimum atomic E-state index is -1.82. The van der Waals surface area contributed by atoms with E-state index < -0.39 is 95.8 Å². The first-order valence-corrected chi connectivity index (χ1v) is 27.1. The largest absolute Gasteiger partial charge is 0.494 e. The zero-order chi connectivity index (χ0) is 54.9. The van der Waals surface area contributed by atoms with Gasteiger partial charge < -0.3 is 63.8 Å². The van der Waals surface area contributed by atoms with Crippen molar-refractivity contribution in [1.29, 1.82) is 0 Å². The molecule has 3 aliphatic rings. The smallest absolute Gasteiger partial charge is 0.311 e. The van der Waals surface area contributed by atoms with Gasteiger partial charge in [-0.3, -0.25) is 14.5 Å². The molecule has 5 N–H and O–H groups in total. The monoisotopic (exact) mass is 1040 g/mol. The lowest BCUT2D eigenvalue weighted by Crippen LogP contribution is -2.60. The summed E-state index contributed by atoms with van der Waals surface area (Å²) in [6.45, 7) is 22.3. The van der Waals surface area contributed by atoms with Crippen molar-refractivity contribution in [3.63, 3.8) is 0 Å². The maximum atomic E-state index is 14.5. The number of esters is 1. The van der Waals surface area contributed by atoms with Gasteiger partial charge in [-0.2, -0.15) is 0 Å². The number of rotatable bonds is 17. The van der Waals surface area contributed by atoms with Crippen molar-refractivity contribution in [3.8, 4) is 5.75 Å². The highest BCUT2D eigenvalue weighted by Gasteiger charge is 2.52. The zero-order valence-electron chi connectivity index (χ0n) is 47.3. The predicted octanol–water partition coefficient (Wildman–Crippen LogP) is 5.34. The lowest BCUT2D eigenvalue weighted by atomic mass is 9.76. The molecule has 2 saturated heterocycles. The number of allylic oxidation sites excluding steroid dienone is 2. The molecule has 1 aliphatic carbocycles. The number of methoxy groups -OCH3 is 1. The van der Waals surface area contributed by atoms with Crippen molar-refractivity contribution in [2.75, 3.05) is 47.9 Å². The number of aryl methyl sites for hydroxylation is 1. The SMILES string of the molecule is C/C=C(\C=NC)c1ccc(OCCCn2cc(CCN(C)[C@H]3C[C@@H](C)C[C@@H](O[C@@H]4[C@@H](C)[C@H](O[C@H]5C[C@@](C)(OC)[C@@H](O)[C@H](C)O5)[C@@H](C)C(=O)O[C@H](CC)[C@@](C)(O)[C@H](O)[C@@H](C)N(C)C[C@H](C)C[C@@]4(C)O)[C@@H]3O)nn2)cc1. The molecule has 0 bridgehead atoms. The van der Waals surface area contributed by atoms with E-state index >= 15 is 0 Å². The highest BCUT2D eigenvalue weighted by atomic mass is 16.7. The number of aromatic nitrogens is 3. The summed E-state index contributed by atoms with van der Waals surface area (Å²) in [6, 6.07) is 7.15. The molecule has 1 aromatic carbocycles. The molecule has 3 fully saturated rings. The summed E-state index contributed by atoms with van der Waals surface area (Å²) in [4.78, 5) is 22.8. The highest BCUT2D eigenvalue weighted by Crippen LogP contribution is 2.41. The molecule has 0 radical (unpaired) electrons. The molecule has 3 heterocycles. The molecule has 2 aromatic rings. The van der Waals surface area contributed by atoms with Crippen LogP contribution in [0.25, 0.3) is 5.57 Å². The first-order valence-electron chi connectivity index (χ1n) is 27.1. The van der Waals surface area contributed by atoms with Crippen LogP contribution in [0.1, 0.15) is 126 Å². The summed E-state index contributed by atoms with van der Waals surface area (Å²) in [5.41, 5.74) is -1.44. The van der Waals surface area contributed by atoms with Crippen LogP contribution in [0.4, 0.5) is 0 Å². The number of aliphatic hydroxyl groups excluding tert-OH is 3. The van der Waals surface area contributed by atoms with Gasteiger partial charge in [-0.05, 0) is 123 Å². The van der Waals surface area contributed by atoms with E-state index in [-0.39, 0.29) is 37.1 Å². The van der Waals surface area contributed by atoms with E-state index in [0.29, 0.717) is 39.1 Å². The molecule has 1 saturated carbocycles. The van der Waals surface area contributed by atoms with Crippen molar-refractivity contribution in [3.05, 3.63) is 47.8 Å². The predicted molar refractivity (Wildman–Crippen MR) is 285 cm³/mol. The zero-order valence-corrected chi connectivity index (χ0v) is 47.3. The summed E-state index contributed by atoms with van der Waals surface area (Å²) >= 11 is 0.